The molecule has 2 aromatic rings. The van der Waals surface area contributed by atoms with Gasteiger partial charge in [-0.15, -0.1) is 0 Å². The molecule has 4 N–H and O–H groups in total. The molecule has 0 amide bonds. The molecule has 2 rings (SSSR count). The Morgan fingerprint density at radius 2 is 1.92 bits per heavy atom. The molecule has 0 saturated carbocycles. The molecule has 0 heterocycles. The first-order valence-electron chi connectivity index (χ1n) is 8.33. The molecule has 0 unspecified atom stereocenters. The lowest BCUT2D eigenvalue weighted by Crippen LogP contribution is -2.09. The molecule has 0 aromatic heterocycles. The molecular formula is C20H26FN3. The van der Waals surface area contributed by atoms with Crippen LogP contribution in [0.5, 0.6) is 0 Å². The molecule has 0 aliphatic rings. The quantitative estimate of drug-likeness (QED) is 0.649. The fourth-order valence-corrected chi connectivity index (χ4v) is 2.77. The number of nitrogens with two attached hydrogens (primary N) is 1. The Morgan fingerprint density at radius 1 is 1.17 bits per heavy atom. The average Bonchev–Trinajstić information content (AvgIpc) is 2.58. The van der Waals surface area contributed by atoms with Crippen molar-refractivity contribution in [1.82, 2.24) is 5.32 Å². The van der Waals surface area contributed by atoms with E-state index >= 15 is 0 Å². The molecule has 0 bridgehead atoms. The van der Waals surface area contributed by atoms with Crippen molar-refractivity contribution in [1.29, 1.82) is 0 Å². The highest BCUT2D eigenvalue weighted by atomic mass is 19.1. The number of allylic oxidation sites excluding steroid dienone is 1. The van der Waals surface area contributed by atoms with E-state index in [1.807, 2.05) is 38.2 Å². The third-order valence-corrected chi connectivity index (χ3v) is 4.28. The zero-order valence-electron chi connectivity index (χ0n) is 14.8. The van der Waals surface area contributed by atoms with Crippen LogP contribution >= 0.6 is 0 Å². The molecule has 0 atom stereocenters. The summed E-state index contributed by atoms with van der Waals surface area (Å²) >= 11 is 0. The van der Waals surface area contributed by atoms with Crippen molar-refractivity contribution in [2.75, 3.05) is 18.1 Å². The SMILES string of the molecule is CCC(C)=C(NC)c1ccc(Nc2c(F)cccc2CC)cc1N. The molecule has 128 valence electrons. The Hall–Kier alpha value is -2.49. The van der Waals surface area contributed by atoms with Gasteiger partial charge in [0, 0.05) is 29.7 Å². The van der Waals surface area contributed by atoms with Crippen LogP contribution in [0.3, 0.4) is 0 Å². The van der Waals surface area contributed by atoms with Crippen molar-refractivity contribution in [2.45, 2.75) is 33.6 Å². The molecule has 0 spiro atoms. The maximum atomic E-state index is 14.1. The number of halogens is 1. The number of hydrogen-bond donors (Lipinski definition) is 3. The van der Waals surface area contributed by atoms with Gasteiger partial charge in [-0.3, -0.25) is 0 Å². The maximum Gasteiger partial charge on any atom is 0.146 e. The van der Waals surface area contributed by atoms with Gasteiger partial charge in [0.1, 0.15) is 5.82 Å². The van der Waals surface area contributed by atoms with Crippen molar-refractivity contribution in [3.8, 4) is 0 Å². The van der Waals surface area contributed by atoms with E-state index in [4.69, 9.17) is 5.73 Å². The number of nitrogen functional groups attached to an aromatic ring is 1. The van der Waals surface area contributed by atoms with Crippen LogP contribution in [-0.2, 0) is 6.42 Å². The first-order valence-corrected chi connectivity index (χ1v) is 8.33. The van der Waals surface area contributed by atoms with E-state index < -0.39 is 0 Å². The Bertz CT molecular complexity index is 751. The van der Waals surface area contributed by atoms with Crippen LogP contribution in [0.2, 0.25) is 0 Å². The molecule has 3 nitrogen and oxygen atoms in total. The highest BCUT2D eigenvalue weighted by Gasteiger charge is 2.11. The van der Waals surface area contributed by atoms with Crippen LogP contribution < -0.4 is 16.4 Å². The summed E-state index contributed by atoms with van der Waals surface area (Å²) in [6.45, 7) is 6.21. The first-order chi connectivity index (χ1) is 11.5. The van der Waals surface area contributed by atoms with E-state index in [0.717, 1.165) is 35.4 Å². The van der Waals surface area contributed by atoms with E-state index in [0.29, 0.717) is 11.4 Å². The second-order valence-corrected chi connectivity index (χ2v) is 5.81. The van der Waals surface area contributed by atoms with Gasteiger partial charge >= 0.3 is 0 Å². The number of anilines is 3. The monoisotopic (exact) mass is 327 g/mol. The normalized spacial score (nSPS) is 11.9. The van der Waals surface area contributed by atoms with Crippen molar-refractivity contribution in [3.05, 3.63) is 58.9 Å². The van der Waals surface area contributed by atoms with Gasteiger partial charge in [0.05, 0.1) is 5.69 Å². The first kappa shape index (κ1) is 17.9. The summed E-state index contributed by atoms with van der Waals surface area (Å²) < 4.78 is 14.1. The van der Waals surface area contributed by atoms with Gasteiger partial charge in [-0.1, -0.05) is 26.0 Å². The average molecular weight is 327 g/mol. The van der Waals surface area contributed by atoms with Crippen molar-refractivity contribution in [3.63, 3.8) is 0 Å². The summed E-state index contributed by atoms with van der Waals surface area (Å²) in [4.78, 5) is 0. The zero-order valence-corrected chi connectivity index (χ0v) is 14.8. The molecular weight excluding hydrogens is 301 g/mol. The van der Waals surface area contributed by atoms with E-state index in [-0.39, 0.29) is 5.82 Å². The molecule has 4 heteroatoms. The summed E-state index contributed by atoms with van der Waals surface area (Å²) in [5.74, 6) is -0.255. The fraction of sp³-hybridized carbons (Fsp3) is 0.300. The van der Waals surface area contributed by atoms with Crippen LogP contribution in [0.15, 0.2) is 42.0 Å². The predicted octanol–water partition coefficient (Wildman–Crippen LogP) is 5.07. The van der Waals surface area contributed by atoms with Crippen LogP contribution in [0.4, 0.5) is 21.5 Å². The molecule has 0 saturated heterocycles. The minimum atomic E-state index is -0.255. The van der Waals surface area contributed by atoms with Crippen LogP contribution in [0.1, 0.15) is 38.3 Å². The van der Waals surface area contributed by atoms with Crippen molar-refractivity contribution >= 4 is 22.8 Å². The molecule has 0 fully saturated rings. The Kier molecular flexibility index (Phi) is 5.85. The minimum Gasteiger partial charge on any atom is -0.398 e. The third kappa shape index (κ3) is 3.70. The summed E-state index contributed by atoms with van der Waals surface area (Å²) in [6, 6.07) is 10.9. The lowest BCUT2D eigenvalue weighted by molar-refractivity contribution is 0.630. The van der Waals surface area contributed by atoms with Crippen molar-refractivity contribution < 1.29 is 4.39 Å². The van der Waals surface area contributed by atoms with Crippen molar-refractivity contribution in [2.24, 2.45) is 0 Å². The van der Waals surface area contributed by atoms with Crippen LogP contribution in [0, 0.1) is 5.82 Å². The lowest BCUT2D eigenvalue weighted by Gasteiger charge is -2.16. The standard InChI is InChI=1S/C20H26FN3/c1-5-13(3)19(23-4)16-11-10-15(12-18(16)22)24-20-14(6-2)8-7-9-17(20)21/h7-12,23-24H,5-6,22H2,1-4H3. The highest BCUT2D eigenvalue weighted by molar-refractivity contribution is 5.79. The molecule has 0 radical (unpaired) electrons. The summed E-state index contributed by atoms with van der Waals surface area (Å²) in [7, 11) is 1.90. The summed E-state index contributed by atoms with van der Waals surface area (Å²) in [5, 5.41) is 6.39. The second-order valence-electron chi connectivity index (χ2n) is 5.81. The van der Waals surface area contributed by atoms with E-state index in [2.05, 4.69) is 24.5 Å². The smallest absolute Gasteiger partial charge is 0.146 e. The Labute approximate surface area is 143 Å². The van der Waals surface area contributed by atoms with Gasteiger partial charge < -0.3 is 16.4 Å². The number of rotatable bonds is 6. The van der Waals surface area contributed by atoms with E-state index in [1.54, 1.807) is 6.07 Å². The molecule has 0 aliphatic heterocycles. The Balaban J connectivity index is 2.38. The predicted molar refractivity (Wildman–Crippen MR) is 102 cm³/mol. The zero-order chi connectivity index (χ0) is 17.7. The van der Waals surface area contributed by atoms with Gasteiger partial charge in [-0.25, -0.2) is 4.39 Å². The summed E-state index contributed by atoms with van der Waals surface area (Å²) in [6.07, 6.45) is 1.71. The van der Waals surface area contributed by atoms with Gasteiger partial charge in [-0.2, -0.15) is 0 Å². The van der Waals surface area contributed by atoms with Gasteiger partial charge in [-0.05, 0) is 55.2 Å². The van der Waals surface area contributed by atoms with E-state index in [1.165, 1.54) is 11.6 Å². The molecule has 24 heavy (non-hydrogen) atoms. The lowest BCUT2D eigenvalue weighted by atomic mass is 10.0. The fourth-order valence-electron chi connectivity index (χ4n) is 2.77. The number of nitrogens with one attached hydrogen (secondary N) is 2. The van der Waals surface area contributed by atoms with Gasteiger partial charge in [0.15, 0.2) is 0 Å². The highest BCUT2D eigenvalue weighted by Crippen LogP contribution is 2.30. The van der Waals surface area contributed by atoms with E-state index in [9.17, 15) is 4.39 Å². The number of para-hydroxylation sites is 1. The van der Waals surface area contributed by atoms with Gasteiger partial charge in [0.2, 0.25) is 0 Å². The number of aryl methyl sites for hydroxylation is 1. The topological polar surface area (TPSA) is 50.1 Å². The third-order valence-electron chi connectivity index (χ3n) is 4.28. The summed E-state index contributed by atoms with van der Waals surface area (Å²) in [5.41, 5.74) is 12.4. The Morgan fingerprint density at radius 3 is 2.50 bits per heavy atom. The molecule has 0 aliphatic carbocycles. The largest absolute Gasteiger partial charge is 0.398 e. The van der Waals surface area contributed by atoms with Crippen LogP contribution in [-0.4, -0.2) is 7.05 Å². The van der Waals surface area contributed by atoms with Gasteiger partial charge in [0.25, 0.3) is 0 Å². The number of hydrogen-bond acceptors (Lipinski definition) is 3. The number of benzene rings is 2. The maximum absolute atomic E-state index is 14.1. The van der Waals surface area contributed by atoms with Crippen LogP contribution in [0.25, 0.3) is 5.70 Å². The minimum absolute atomic E-state index is 0.255. The molecule has 2 aromatic carbocycles. The second kappa shape index (κ2) is 7.86.